The summed E-state index contributed by atoms with van der Waals surface area (Å²) in [5.74, 6) is 0.470. The third kappa shape index (κ3) is 2.70. The maximum absolute atomic E-state index is 7.42. The highest BCUT2D eigenvalue weighted by molar-refractivity contribution is 5.93. The molecule has 0 aliphatic heterocycles. The van der Waals surface area contributed by atoms with E-state index in [0.717, 1.165) is 11.3 Å². The second-order valence-corrected chi connectivity index (χ2v) is 4.50. The van der Waals surface area contributed by atoms with Gasteiger partial charge in [-0.1, -0.05) is 17.7 Å². The largest absolute Gasteiger partial charge is 0.382 e. The average Bonchev–Trinajstić information content (AvgIpc) is 2.38. The van der Waals surface area contributed by atoms with Crippen LogP contribution in [0.1, 0.15) is 16.8 Å². The van der Waals surface area contributed by atoms with Crippen molar-refractivity contribution in [1.29, 1.82) is 5.41 Å². The number of anilines is 2. The van der Waals surface area contributed by atoms with Gasteiger partial charge in [0, 0.05) is 18.9 Å². The maximum atomic E-state index is 7.42. The maximum Gasteiger partial charge on any atom is 0.230 e. The molecule has 1 heterocycles. The van der Waals surface area contributed by atoms with E-state index in [4.69, 9.17) is 11.1 Å². The fraction of sp³-hybridized carbons (Fsp3) is 0.214. The van der Waals surface area contributed by atoms with Gasteiger partial charge in [-0.15, -0.1) is 0 Å². The van der Waals surface area contributed by atoms with Crippen molar-refractivity contribution in [2.75, 3.05) is 11.9 Å². The average molecular weight is 255 g/mol. The minimum atomic E-state index is -0.0577. The zero-order chi connectivity index (χ0) is 14.0. The Hall–Kier alpha value is -2.43. The Bertz CT molecular complexity index is 621. The van der Waals surface area contributed by atoms with Gasteiger partial charge in [0.1, 0.15) is 11.5 Å². The van der Waals surface area contributed by atoms with E-state index in [-0.39, 0.29) is 5.84 Å². The SMILES string of the molecule is Cc1ccc(N(C)c2nccc(C(=N)N)n2)c(C)c1. The quantitative estimate of drug-likeness (QED) is 0.650. The number of nitrogens with one attached hydrogen (secondary N) is 1. The van der Waals surface area contributed by atoms with Crippen molar-refractivity contribution in [3.63, 3.8) is 0 Å². The third-order valence-corrected chi connectivity index (χ3v) is 2.93. The first-order valence-corrected chi connectivity index (χ1v) is 5.97. The minimum absolute atomic E-state index is 0.0577. The van der Waals surface area contributed by atoms with Crippen LogP contribution in [0.2, 0.25) is 0 Å². The number of aromatic nitrogens is 2. The number of aryl methyl sites for hydroxylation is 2. The van der Waals surface area contributed by atoms with Gasteiger partial charge >= 0.3 is 0 Å². The zero-order valence-electron chi connectivity index (χ0n) is 11.3. The van der Waals surface area contributed by atoms with E-state index in [2.05, 4.69) is 23.0 Å². The Balaban J connectivity index is 2.41. The molecule has 19 heavy (non-hydrogen) atoms. The molecule has 0 aliphatic carbocycles. The number of hydrogen-bond donors (Lipinski definition) is 2. The zero-order valence-corrected chi connectivity index (χ0v) is 11.3. The fourth-order valence-electron chi connectivity index (χ4n) is 1.95. The number of hydrogen-bond acceptors (Lipinski definition) is 4. The summed E-state index contributed by atoms with van der Waals surface area (Å²) in [7, 11) is 1.90. The number of benzene rings is 1. The molecule has 0 amide bonds. The molecule has 0 spiro atoms. The lowest BCUT2D eigenvalue weighted by molar-refractivity contribution is 1.02. The molecule has 0 unspecified atom stereocenters. The Morgan fingerprint density at radius 2 is 2.00 bits per heavy atom. The van der Waals surface area contributed by atoms with Crippen LogP contribution >= 0.6 is 0 Å². The van der Waals surface area contributed by atoms with Gasteiger partial charge in [-0.3, -0.25) is 5.41 Å². The van der Waals surface area contributed by atoms with E-state index in [9.17, 15) is 0 Å². The van der Waals surface area contributed by atoms with Gasteiger partial charge in [0.2, 0.25) is 5.95 Å². The van der Waals surface area contributed by atoms with Crippen molar-refractivity contribution >= 4 is 17.5 Å². The summed E-state index contributed by atoms with van der Waals surface area (Å²) >= 11 is 0. The highest BCUT2D eigenvalue weighted by Crippen LogP contribution is 2.24. The van der Waals surface area contributed by atoms with Gasteiger partial charge in [0.25, 0.3) is 0 Å². The van der Waals surface area contributed by atoms with Crippen molar-refractivity contribution in [2.45, 2.75) is 13.8 Å². The molecule has 3 N–H and O–H groups in total. The molecule has 0 radical (unpaired) electrons. The van der Waals surface area contributed by atoms with Gasteiger partial charge in [-0.2, -0.15) is 0 Å². The number of nitrogens with zero attached hydrogens (tertiary/aromatic N) is 3. The molecule has 0 aliphatic rings. The molecule has 0 atom stereocenters. The second kappa shape index (κ2) is 5.06. The molecular weight excluding hydrogens is 238 g/mol. The smallest absolute Gasteiger partial charge is 0.230 e. The predicted molar refractivity (Wildman–Crippen MR) is 77.0 cm³/mol. The molecule has 98 valence electrons. The van der Waals surface area contributed by atoms with Gasteiger partial charge in [0.15, 0.2) is 0 Å². The Morgan fingerprint density at radius 3 is 2.63 bits per heavy atom. The summed E-state index contributed by atoms with van der Waals surface area (Å²) in [6.07, 6.45) is 1.61. The summed E-state index contributed by atoms with van der Waals surface area (Å²) in [5, 5.41) is 7.42. The van der Waals surface area contributed by atoms with E-state index in [1.54, 1.807) is 12.3 Å². The van der Waals surface area contributed by atoms with E-state index in [0.29, 0.717) is 11.6 Å². The first kappa shape index (κ1) is 13.0. The van der Waals surface area contributed by atoms with Crippen LogP contribution in [0.5, 0.6) is 0 Å². The monoisotopic (exact) mass is 255 g/mol. The van der Waals surface area contributed by atoms with Crippen LogP contribution in [0.25, 0.3) is 0 Å². The standard InChI is InChI=1S/C14H17N5/c1-9-4-5-12(10(2)8-9)19(3)14-17-7-6-11(18-14)13(15)16/h4-8H,1-3H3,(H3,15,16). The third-order valence-electron chi connectivity index (χ3n) is 2.93. The van der Waals surface area contributed by atoms with Crippen molar-refractivity contribution < 1.29 is 0 Å². The molecule has 0 fully saturated rings. The Morgan fingerprint density at radius 1 is 1.26 bits per heavy atom. The van der Waals surface area contributed by atoms with Gasteiger partial charge in [0.05, 0.1) is 0 Å². The lowest BCUT2D eigenvalue weighted by Crippen LogP contribution is -2.18. The van der Waals surface area contributed by atoms with Crippen LogP contribution in [0.4, 0.5) is 11.6 Å². The second-order valence-electron chi connectivity index (χ2n) is 4.50. The molecular formula is C14H17N5. The normalized spacial score (nSPS) is 10.3. The van der Waals surface area contributed by atoms with Crippen molar-refractivity contribution in [3.05, 3.63) is 47.3 Å². The van der Waals surface area contributed by atoms with Crippen LogP contribution in [0.3, 0.4) is 0 Å². The molecule has 2 rings (SSSR count). The minimum Gasteiger partial charge on any atom is -0.382 e. The number of nitrogen functional groups attached to an aromatic ring is 1. The lowest BCUT2D eigenvalue weighted by Gasteiger charge is -2.20. The highest BCUT2D eigenvalue weighted by Gasteiger charge is 2.11. The molecule has 2 aromatic rings. The summed E-state index contributed by atoms with van der Waals surface area (Å²) in [4.78, 5) is 10.4. The molecule has 5 heteroatoms. The lowest BCUT2D eigenvalue weighted by atomic mass is 10.1. The first-order valence-electron chi connectivity index (χ1n) is 5.97. The molecule has 0 saturated heterocycles. The topological polar surface area (TPSA) is 78.9 Å². The van der Waals surface area contributed by atoms with E-state index >= 15 is 0 Å². The summed E-state index contributed by atoms with van der Waals surface area (Å²) in [5.41, 5.74) is 9.28. The number of amidine groups is 1. The van der Waals surface area contributed by atoms with Crippen LogP contribution < -0.4 is 10.6 Å². The number of nitrogens with two attached hydrogens (primary N) is 1. The summed E-state index contributed by atoms with van der Waals surface area (Å²) in [6.45, 7) is 4.11. The Kier molecular flexibility index (Phi) is 3.46. The highest BCUT2D eigenvalue weighted by atomic mass is 15.2. The van der Waals surface area contributed by atoms with Crippen LogP contribution in [-0.2, 0) is 0 Å². The van der Waals surface area contributed by atoms with Crippen LogP contribution in [0, 0.1) is 19.3 Å². The van der Waals surface area contributed by atoms with Gasteiger partial charge < -0.3 is 10.6 Å². The number of rotatable bonds is 3. The molecule has 0 bridgehead atoms. The summed E-state index contributed by atoms with van der Waals surface area (Å²) in [6, 6.07) is 7.82. The van der Waals surface area contributed by atoms with Crippen molar-refractivity contribution in [2.24, 2.45) is 5.73 Å². The van der Waals surface area contributed by atoms with E-state index < -0.39 is 0 Å². The molecule has 1 aromatic heterocycles. The Labute approximate surface area is 112 Å². The predicted octanol–water partition coefficient (Wildman–Crippen LogP) is 2.15. The van der Waals surface area contributed by atoms with Gasteiger partial charge in [-0.05, 0) is 31.5 Å². The molecule has 0 saturated carbocycles. The van der Waals surface area contributed by atoms with Crippen molar-refractivity contribution in [3.8, 4) is 0 Å². The molecule has 5 nitrogen and oxygen atoms in total. The van der Waals surface area contributed by atoms with Crippen molar-refractivity contribution in [1.82, 2.24) is 9.97 Å². The van der Waals surface area contributed by atoms with E-state index in [1.807, 2.05) is 31.0 Å². The van der Waals surface area contributed by atoms with E-state index in [1.165, 1.54) is 5.56 Å². The summed E-state index contributed by atoms with van der Waals surface area (Å²) < 4.78 is 0. The fourth-order valence-corrected chi connectivity index (χ4v) is 1.95. The first-order chi connectivity index (χ1) is 8.99. The molecule has 1 aromatic carbocycles. The van der Waals surface area contributed by atoms with Crippen LogP contribution in [-0.4, -0.2) is 22.9 Å². The van der Waals surface area contributed by atoms with Gasteiger partial charge in [-0.25, -0.2) is 9.97 Å². The van der Waals surface area contributed by atoms with Crippen LogP contribution in [0.15, 0.2) is 30.5 Å².